The lowest BCUT2D eigenvalue weighted by molar-refractivity contribution is -0.122. The van der Waals surface area contributed by atoms with Crippen molar-refractivity contribution in [2.45, 2.75) is 52.5 Å². The van der Waals surface area contributed by atoms with E-state index in [9.17, 15) is 14.4 Å². The Balaban J connectivity index is 1.36. The maximum absolute atomic E-state index is 12.8. The van der Waals surface area contributed by atoms with Crippen LogP contribution in [0.2, 0.25) is 0 Å². The Hall–Kier alpha value is -3.55. The molecule has 0 atom stereocenters. The molecular formula is C27H34N2O6. The molecule has 3 rings (SSSR count). The van der Waals surface area contributed by atoms with E-state index < -0.39 is 6.16 Å². The van der Waals surface area contributed by atoms with Gasteiger partial charge in [-0.15, -0.1) is 0 Å². The van der Waals surface area contributed by atoms with E-state index in [1.54, 1.807) is 36.1 Å². The lowest BCUT2D eigenvalue weighted by atomic mass is 10.0. The monoisotopic (exact) mass is 482 g/mol. The molecule has 188 valence electrons. The van der Waals surface area contributed by atoms with Crippen LogP contribution in [0.25, 0.3) is 0 Å². The van der Waals surface area contributed by atoms with Crippen LogP contribution in [-0.4, -0.2) is 55.2 Å². The summed E-state index contributed by atoms with van der Waals surface area (Å²) in [5.41, 5.74) is 2.71. The second-order valence-electron chi connectivity index (χ2n) is 8.62. The van der Waals surface area contributed by atoms with E-state index in [0.29, 0.717) is 56.7 Å². The minimum atomic E-state index is -0.774. The van der Waals surface area contributed by atoms with Crippen molar-refractivity contribution >= 4 is 18.0 Å². The second kappa shape index (κ2) is 12.8. The van der Waals surface area contributed by atoms with Crippen LogP contribution in [0, 0.1) is 13.8 Å². The molecule has 0 radical (unpaired) electrons. The standard InChI is InChI=1S/C27H34N2O6/c1-4-33-27(32)35-23-12-10-21(11-13-23)26(31)29-16-14-22(15-17-29)28-24(30)9-6-18-34-25-19(2)7-5-8-20(25)3/h5,7-8,10-13,22H,4,6,9,14-18H2,1-3H3,(H,28,30). The van der Waals surface area contributed by atoms with Crippen LogP contribution in [0.15, 0.2) is 42.5 Å². The Morgan fingerprint density at radius 2 is 1.66 bits per heavy atom. The summed E-state index contributed by atoms with van der Waals surface area (Å²) in [6.45, 7) is 7.59. The molecule has 1 aliphatic heterocycles. The zero-order chi connectivity index (χ0) is 25.2. The van der Waals surface area contributed by atoms with Gasteiger partial charge in [-0.2, -0.15) is 0 Å². The fourth-order valence-corrected chi connectivity index (χ4v) is 4.05. The number of hydrogen-bond donors (Lipinski definition) is 1. The molecule has 8 nitrogen and oxygen atoms in total. The van der Waals surface area contributed by atoms with Crippen molar-refractivity contribution in [1.29, 1.82) is 0 Å². The average molecular weight is 483 g/mol. The highest BCUT2D eigenvalue weighted by Crippen LogP contribution is 2.22. The first kappa shape index (κ1) is 26.1. The number of carbonyl (C=O) groups is 3. The van der Waals surface area contributed by atoms with Gasteiger partial charge in [-0.05, 0) is 75.4 Å². The maximum Gasteiger partial charge on any atom is 0.513 e. The molecule has 1 N–H and O–H groups in total. The molecule has 0 saturated carbocycles. The number of carbonyl (C=O) groups excluding carboxylic acids is 3. The molecule has 0 aliphatic carbocycles. The Labute approximate surface area is 206 Å². The zero-order valence-electron chi connectivity index (χ0n) is 20.7. The van der Waals surface area contributed by atoms with Crippen LogP contribution in [0.1, 0.15) is 54.1 Å². The number of aryl methyl sites for hydroxylation is 2. The molecule has 2 aromatic carbocycles. The smallest absolute Gasteiger partial charge is 0.493 e. The van der Waals surface area contributed by atoms with Gasteiger partial charge < -0.3 is 24.4 Å². The lowest BCUT2D eigenvalue weighted by Crippen LogP contribution is -2.46. The number of para-hydroxylation sites is 1. The lowest BCUT2D eigenvalue weighted by Gasteiger charge is -2.32. The summed E-state index contributed by atoms with van der Waals surface area (Å²) in [4.78, 5) is 38.3. The fraction of sp³-hybridized carbons (Fsp3) is 0.444. The number of likely N-dealkylation sites (tertiary alicyclic amines) is 1. The third-order valence-electron chi connectivity index (χ3n) is 5.92. The Bertz CT molecular complexity index is 993. The molecular weight excluding hydrogens is 448 g/mol. The second-order valence-corrected chi connectivity index (χ2v) is 8.62. The first-order valence-corrected chi connectivity index (χ1v) is 12.1. The number of rotatable bonds is 9. The van der Waals surface area contributed by atoms with Gasteiger partial charge in [0.05, 0.1) is 13.2 Å². The zero-order valence-corrected chi connectivity index (χ0v) is 20.7. The normalized spacial score (nSPS) is 13.7. The summed E-state index contributed by atoms with van der Waals surface area (Å²) in [5.74, 6) is 1.14. The van der Waals surface area contributed by atoms with E-state index in [1.165, 1.54) is 0 Å². The van der Waals surface area contributed by atoms with Gasteiger partial charge in [0.25, 0.3) is 5.91 Å². The summed E-state index contributed by atoms with van der Waals surface area (Å²) in [7, 11) is 0. The highest BCUT2D eigenvalue weighted by molar-refractivity contribution is 5.94. The fourth-order valence-electron chi connectivity index (χ4n) is 4.05. The van der Waals surface area contributed by atoms with Crippen molar-refractivity contribution in [3.8, 4) is 11.5 Å². The minimum absolute atomic E-state index is 0.0112. The largest absolute Gasteiger partial charge is 0.513 e. The van der Waals surface area contributed by atoms with Gasteiger partial charge >= 0.3 is 6.16 Å². The first-order chi connectivity index (χ1) is 16.9. The summed E-state index contributed by atoms with van der Waals surface area (Å²) < 4.78 is 15.6. The Kier molecular flexibility index (Phi) is 9.52. The summed E-state index contributed by atoms with van der Waals surface area (Å²) in [6.07, 6.45) is 1.70. The number of hydrogen-bond acceptors (Lipinski definition) is 6. The minimum Gasteiger partial charge on any atom is -0.493 e. The van der Waals surface area contributed by atoms with E-state index in [4.69, 9.17) is 14.2 Å². The maximum atomic E-state index is 12.8. The Morgan fingerprint density at radius 3 is 2.29 bits per heavy atom. The molecule has 0 bridgehead atoms. The van der Waals surface area contributed by atoms with Gasteiger partial charge in [-0.1, -0.05) is 18.2 Å². The van der Waals surface area contributed by atoms with Crippen LogP contribution < -0.4 is 14.8 Å². The van der Waals surface area contributed by atoms with Crippen molar-refractivity contribution in [1.82, 2.24) is 10.2 Å². The van der Waals surface area contributed by atoms with Crippen LogP contribution in [0.3, 0.4) is 0 Å². The van der Waals surface area contributed by atoms with Crippen LogP contribution in [-0.2, 0) is 9.53 Å². The molecule has 8 heteroatoms. The summed E-state index contributed by atoms with van der Waals surface area (Å²) in [6, 6.07) is 12.5. The third-order valence-corrected chi connectivity index (χ3v) is 5.92. The van der Waals surface area contributed by atoms with Crippen LogP contribution in [0.4, 0.5) is 4.79 Å². The predicted octanol–water partition coefficient (Wildman–Crippen LogP) is 4.42. The first-order valence-electron chi connectivity index (χ1n) is 12.1. The molecule has 0 spiro atoms. The van der Waals surface area contributed by atoms with E-state index in [2.05, 4.69) is 5.32 Å². The molecule has 1 fully saturated rings. The molecule has 0 aromatic heterocycles. The van der Waals surface area contributed by atoms with Gasteiger partial charge in [0.2, 0.25) is 5.91 Å². The molecule has 35 heavy (non-hydrogen) atoms. The van der Waals surface area contributed by atoms with E-state index >= 15 is 0 Å². The van der Waals surface area contributed by atoms with Gasteiger partial charge in [0.1, 0.15) is 11.5 Å². The third kappa shape index (κ3) is 7.73. The van der Waals surface area contributed by atoms with Crippen molar-refractivity contribution in [3.63, 3.8) is 0 Å². The van der Waals surface area contributed by atoms with Crippen LogP contribution in [0.5, 0.6) is 11.5 Å². The number of piperidine rings is 1. The van der Waals surface area contributed by atoms with Crippen molar-refractivity contribution in [3.05, 3.63) is 59.2 Å². The van der Waals surface area contributed by atoms with Gasteiger partial charge in [0.15, 0.2) is 0 Å². The van der Waals surface area contributed by atoms with Gasteiger partial charge in [0, 0.05) is 31.1 Å². The van der Waals surface area contributed by atoms with Crippen molar-refractivity contribution in [2.24, 2.45) is 0 Å². The number of amides is 2. The highest BCUT2D eigenvalue weighted by atomic mass is 16.7. The van der Waals surface area contributed by atoms with Gasteiger partial charge in [-0.25, -0.2) is 4.79 Å². The van der Waals surface area contributed by atoms with Crippen molar-refractivity contribution < 1.29 is 28.6 Å². The van der Waals surface area contributed by atoms with Crippen molar-refractivity contribution in [2.75, 3.05) is 26.3 Å². The molecule has 2 amide bonds. The molecule has 1 heterocycles. The topological polar surface area (TPSA) is 94.2 Å². The van der Waals surface area contributed by atoms with E-state index in [-0.39, 0.29) is 24.5 Å². The molecule has 0 unspecified atom stereocenters. The molecule has 1 saturated heterocycles. The van der Waals surface area contributed by atoms with Crippen LogP contribution >= 0.6 is 0 Å². The number of nitrogens with one attached hydrogen (secondary N) is 1. The predicted molar refractivity (Wildman–Crippen MR) is 132 cm³/mol. The van der Waals surface area contributed by atoms with E-state index in [1.807, 2.05) is 32.0 Å². The number of ether oxygens (including phenoxy) is 3. The highest BCUT2D eigenvalue weighted by Gasteiger charge is 2.24. The molecule has 2 aromatic rings. The van der Waals surface area contributed by atoms with Gasteiger partial charge in [-0.3, -0.25) is 9.59 Å². The van der Waals surface area contributed by atoms with E-state index in [0.717, 1.165) is 16.9 Å². The summed E-state index contributed by atoms with van der Waals surface area (Å²) in [5, 5.41) is 3.08. The number of benzene rings is 2. The quantitative estimate of drug-likeness (QED) is 0.323. The Morgan fingerprint density at radius 1 is 1.00 bits per heavy atom. The summed E-state index contributed by atoms with van der Waals surface area (Å²) >= 11 is 0. The average Bonchev–Trinajstić information content (AvgIpc) is 2.84. The number of nitrogens with zero attached hydrogens (tertiary/aromatic N) is 1. The molecule has 1 aliphatic rings. The SMILES string of the molecule is CCOC(=O)Oc1ccc(C(=O)N2CCC(NC(=O)CCCOc3c(C)cccc3C)CC2)cc1.